The fraction of sp³-hybridized carbons (Fsp3) is 0.750. The van der Waals surface area contributed by atoms with E-state index in [1.54, 1.807) is 0 Å². The Kier molecular flexibility index (Phi) is 14.9. The second kappa shape index (κ2) is 15.5. The van der Waals surface area contributed by atoms with Crippen molar-refractivity contribution in [1.82, 2.24) is 0 Å². The molecule has 0 radical (unpaired) electrons. The van der Waals surface area contributed by atoms with Crippen molar-refractivity contribution >= 4 is 6.21 Å². The molecule has 0 fully saturated rings. The summed E-state index contributed by atoms with van der Waals surface area (Å²) in [6.45, 7) is 8.65. The molecule has 0 unspecified atom stereocenters. The van der Waals surface area contributed by atoms with Crippen LogP contribution in [-0.2, 0) is 0 Å². The highest BCUT2D eigenvalue weighted by molar-refractivity contribution is 5.55. The lowest BCUT2D eigenvalue weighted by atomic mass is 9.91. The Morgan fingerprint density at radius 3 is 1.86 bits per heavy atom. The minimum Gasteiger partial charge on any atom is -0.266 e. The van der Waals surface area contributed by atoms with Crippen LogP contribution in [-0.4, -0.2) is 6.21 Å². The summed E-state index contributed by atoms with van der Waals surface area (Å²) in [5.41, 5.74) is 1.28. The second-order valence-corrected chi connectivity index (χ2v) is 5.90. The van der Waals surface area contributed by atoms with E-state index in [0.29, 0.717) is 5.92 Å². The third-order valence-corrected chi connectivity index (χ3v) is 3.97. The lowest BCUT2D eigenvalue weighted by Crippen LogP contribution is -2.04. The number of hydrogen-bond donors (Lipinski definition) is 0. The Hall–Kier alpha value is -0.850. The topological polar surface area (TPSA) is 12.4 Å². The van der Waals surface area contributed by atoms with Crippen LogP contribution in [0, 0.1) is 5.92 Å². The number of aliphatic imine (C=N–C) groups is 1. The number of rotatable bonds is 13. The lowest BCUT2D eigenvalue weighted by molar-refractivity contribution is 0.452. The van der Waals surface area contributed by atoms with Gasteiger partial charge in [0.15, 0.2) is 0 Å². The van der Waals surface area contributed by atoms with Crippen molar-refractivity contribution in [2.75, 3.05) is 0 Å². The van der Waals surface area contributed by atoms with Gasteiger partial charge >= 0.3 is 0 Å². The highest BCUT2D eigenvalue weighted by Crippen LogP contribution is 2.26. The minimum atomic E-state index is 0.645. The molecule has 0 heterocycles. The zero-order valence-electron chi connectivity index (χ0n) is 14.9. The van der Waals surface area contributed by atoms with E-state index in [9.17, 15) is 0 Å². The summed E-state index contributed by atoms with van der Waals surface area (Å²) in [5.74, 6) is 0.645. The number of allylic oxidation sites excluding steroid dienone is 4. The Morgan fingerprint density at radius 1 is 0.857 bits per heavy atom. The summed E-state index contributed by atoms with van der Waals surface area (Å²) in [4.78, 5) is 4.64. The van der Waals surface area contributed by atoms with E-state index in [0.717, 1.165) is 0 Å². The van der Waals surface area contributed by atoms with Crippen molar-refractivity contribution in [3.05, 3.63) is 23.9 Å². The van der Waals surface area contributed by atoms with E-state index in [4.69, 9.17) is 0 Å². The summed E-state index contributed by atoms with van der Waals surface area (Å²) < 4.78 is 0. The molecule has 0 aliphatic rings. The van der Waals surface area contributed by atoms with Gasteiger partial charge in [-0.15, -0.1) is 0 Å². The van der Waals surface area contributed by atoms with Crippen LogP contribution in [0.4, 0.5) is 0 Å². The van der Waals surface area contributed by atoms with Crippen molar-refractivity contribution in [2.24, 2.45) is 10.9 Å². The molecule has 0 rings (SSSR count). The van der Waals surface area contributed by atoms with Gasteiger partial charge in [-0.1, -0.05) is 77.4 Å². The molecule has 0 saturated heterocycles. The van der Waals surface area contributed by atoms with Crippen molar-refractivity contribution < 1.29 is 0 Å². The van der Waals surface area contributed by atoms with Gasteiger partial charge in [-0.2, -0.15) is 0 Å². The van der Waals surface area contributed by atoms with E-state index in [1.165, 1.54) is 69.9 Å². The van der Waals surface area contributed by atoms with Gasteiger partial charge in [0, 0.05) is 17.8 Å². The number of nitrogens with zero attached hydrogens (tertiary/aromatic N) is 1. The Balaban J connectivity index is 4.55. The first-order valence-corrected chi connectivity index (χ1v) is 9.11. The lowest BCUT2D eigenvalue weighted by Gasteiger charge is -2.17. The van der Waals surface area contributed by atoms with Crippen LogP contribution in [0.15, 0.2) is 28.9 Å². The molecule has 1 heteroatoms. The third-order valence-electron chi connectivity index (χ3n) is 3.97. The number of unbranched alkanes of at least 4 members (excludes halogenated alkanes) is 6. The van der Waals surface area contributed by atoms with E-state index >= 15 is 0 Å². The van der Waals surface area contributed by atoms with Crippen molar-refractivity contribution in [2.45, 2.75) is 91.9 Å². The summed E-state index contributed by atoms with van der Waals surface area (Å²) in [6, 6.07) is 0. The molecule has 0 atom stereocenters. The van der Waals surface area contributed by atoms with Gasteiger partial charge in [-0.25, -0.2) is 0 Å². The normalized spacial score (nSPS) is 13.1. The average molecular weight is 292 g/mol. The monoisotopic (exact) mass is 291 g/mol. The summed E-state index contributed by atoms with van der Waals surface area (Å²) in [5, 5.41) is 0. The second-order valence-electron chi connectivity index (χ2n) is 5.90. The molecule has 0 aromatic heterocycles. The third kappa shape index (κ3) is 11.5. The van der Waals surface area contributed by atoms with Crippen LogP contribution >= 0.6 is 0 Å². The molecule has 0 amide bonds. The van der Waals surface area contributed by atoms with Gasteiger partial charge in [0.25, 0.3) is 0 Å². The van der Waals surface area contributed by atoms with Gasteiger partial charge in [0.2, 0.25) is 0 Å². The Bertz CT molecular complexity index is 287. The molecule has 0 spiro atoms. The fourth-order valence-corrected chi connectivity index (χ4v) is 2.70. The van der Waals surface area contributed by atoms with Crippen molar-refractivity contribution in [3.63, 3.8) is 0 Å². The van der Waals surface area contributed by atoms with Gasteiger partial charge in [-0.3, -0.25) is 4.99 Å². The van der Waals surface area contributed by atoms with Gasteiger partial charge in [0.05, 0.1) is 0 Å². The first-order valence-electron chi connectivity index (χ1n) is 9.11. The van der Waals surface area contributed by atoms with Crippen LogP contribution in [0.25, 0.3) is 0 Å². The van der Waals surface area contributed by atoms with E-state index in [2.05, 4.69) is 44.0 Å². The quantitative estimate of drug-likeness (QED) is 0.195. The Labute approximate surface area is 133 Å². The predicted molar refractivity (Wildman–Crippen MR) is 98.1 cm³/mol. The minimum absolute atomic E-state index is 0.645. The van der Waals surface area contributed by atoms with E-state index in [1.807, 2.05) is 13.1 Å². The van der Waals surface area contributed by atoms with Crippen LogP contribution in [0.1, 0.15) is 91.9 Å². The standard InChI is InChI=1S/C20H37N/c1-5-9-12-14-16-19(17-15-13-10-6-2)20(21-8-4)18-11-7-3/h7-8,11,18-19H,5-6,9-10,12-17H2,1-4H3/b11-7-,20-18-,21-8-. The van der Waals surface area contributed by atoms with Gasteiger partial charge < -0.3 is 0 Å². The maximum Gasteiger partial charge on any atom is 0.0430 e. The molecule has 0 bridgehead atoms. The van der Waals surface area contributed by atoms with Crippen LogP contribution in [0.2, 0.25) is 0 Å². The average Bonchev–Trinajstić information content (AvgIpc) is 2.50. The van der Waals surface area contributed by atoms with Crippen LogP contribution < -0.4 is 0 Å². The molecule has 1 nitrogen and oxygen atoms in total. The molecule has 21 heavy (non-hydrogen) atoms. The zero-order valence-corrected chi connectivity index (χ0v) is 14.9. The molecule has 0 saturated carbocycles. The molecule has 0 aromatic rings. The predicted octanol–water partition coefficient (Wildman–Crippen LogP) is 7.09. The first kappa shape index (κ1) is 20.1. The van der Waals surface area contributed by atoms with E-state index < -0.39 is 0 Å². The highest BCUT2D eigenvalue weighted by atomic mass is 14.7. The molecular formula is C20H37N. The first-order chi connectivity index (χ1) is 10.3. The zero-order chi connectivity index (χ0) is 15.8. The number of hydrogen-bond acceptors (Lipinski definition) is 1. The Morgan fingerprint density at radius 2 is 1.43 bits per heavy atom. The van der Waals surface area contributed by atoms with Gasteiger partial charge in [-0.05, 0) is 32.8 Å². The SMILES string of the molecule is C\C=C/C=C(\N=C/C)C(CCCCCC)CCCCCC. The fourth-order valence-electron chi connectivity index (χ4n) is 2.70. The summed E-state index contributed by atoms with van der Waals surface area (Å²) in [6.07, 6.45) is 21.8. The largest absolute Gasteiger partial charge is 0.266 e. The van der Waals surface area contributed by atoms with Crippen LogP contribution in [0.3, 0.4) is 0 Å². The molecule has 0 aliphatic carbocycles. The van der Waals surface area contributed by atoms with Crippen molar-refractivity contribution in [1.29, 1.82) is 0 Å². The van der Waals surface area contributed by atoms with Gasteiger partial charge in [0.1, 0.15) is 0 Å². The van der Waals surface area contributed by atoms with Crippen LogP contribution in [0.5, 0.6) is 0 Å². The molecule has 122 valence electrons. The smallest absolute Gasteiger partial charge is 0.0430 e. The molecule has 0 aromatic carbocycles. The molecule has 0 N–H and O–H groups in total. The maximum atomic E-state index is 4.64. The van der Waals surface area contributed by atoms with E-state index in [-0.39, 0.29) is 0 Å². The van der Waals surface area contributed by atoms with Crippen molar-refractivity contribution in [3.8, 4) is 0 Å². The highest BCUT2D eigenvalue weighted by Gasteiger charge is 2.12. The summed E-state index contributed by atoms with van der Waals surface area (Å²) >= 11 is 0. The molecule has 0 aliphatic heterocycles. The molecular weight excluding hydrogens is 254 g/mol. The maximum absolute atomic E-state index is 4.64. The summed E-state index contributed by atoms with van der Waals surface area (Å²) in [7, 11) is 0.